The van der Waals surface area contributed by atoms with Gasteiger partial charge in [0, 0.05) is 55.1 Å². The number of nitrogens with one attached hydrogen (secondary N) is 1. The molecule has 0 atom stereocenters. The molecule has 0 spiro atoms. The van der Waals surface area contributed by atoms with Crippen molar-refractivity contribution >= 4 is 29.3 Å². The number of aromatic nitrogens is 1. The highest BCUT2D eigenvalue weighted by molar-refractivity contribution is 5.91. The van der Waals surface area contributed by atoms with Crippen molar-refractivity contribution in [1.82, 2.24) is 4.98 Å². The molecule has 6 nitrogen and oxygen atoms in total. The first-order chi connectivity index (χ1) is 19.4. The molecule has 3 aromatic carbocycles. The van der Waals surface area contributed by atoms with Crippen LogP contribution in [0.4, 0.5) is 17.1 Å². The number of rotatable bonds is 13. The number of carbonyl (C=O) groups excluding carboxylic acids is 2. The van der Waals surface area contributed by atoms with Crippen molar-refractivity contribution in [3.05, 3.63) is 84.9 Å². The number of unbranched alkanes of at least 4 members (excludes halogenated alkanes) is 5. The van der Waals surface area contributed by atoms with Crippen LogP contribution in [0.1, 0.15) is 44.9 Å². The second-order valence-electron chi connectivity index (χ2n) is 10.3. The normalized spacial score (nSPS) is 10.8. The van der Waals surface area contributed by atoms with Gasteiger partial charge in [-0.1, -0.05) is 55.7 Å². The summed E-state index contributed by atoms with van der Waals surface area (Å²) < 4.78 is 0. The topological polar surface area (TPSA) is 88.3 Å². The van der Waals surface area contributed by atoms with Crippen LogP contribution in [0.5, 0.6) is 0 Å². The van der Waals surface area contributed by atoms with Gasteiger partial charge in [-0.3, -0.25) is 4.79 Å². The number of pyridine rings is 1. The maximum Gasteiger partial charge on any atom is 0.224 e. The highest BCUT2D eigenvalue weighted by Crippen LogP contribution is 2.32. The lowest BCUT2D eigenvalue weighted by molar-refractivity contribution is -0.116. The van der Waals surface area contributed by atoms with Gasteiger partial charge in [-0.25, -0.2) is 4.98 Å². The van der Waals surface area contributed by atoms with Crippen LogP contribution >= 0.6 is 0 Å². The molecule has 0 fully saturated rings. The van der Waals surface area contributed by atoms with Crippen molar-refractivity contribution in [2.24, 2.45) is 0 Å². The van der Waals surface area contributed by atoms with E-state index < -0.39 is 0 Å². The van der Waals surface area contributed by atoms with E-state index in [9.17, 15) is 9.59 Å². The first-order valence-electron chi connectivity index (χ1n) is 13.9. The van der Waals surface area contributed by atoms with Gasteiger partial charge in [0.05, 0.1) is 11.4 Å². The number of nitrogen functional groups attached to an aromatic ring is 1. The van der Waals surface area contributed by atoms with Crippen LogP contribution in [0.3, 0.4) is 0 Å². The van der Waals surface area contributed by atoms with E-state index >= 15 is 0 Å². The minimum Gasteiger partial charge on any atom is -0.399 e. The van der Waals surface area contributed by atoms with Crippen LogP contribution in [-0.2, 0) is 9.59 Å². The van der Waals surface area contributed by atoms with Crippen LogP contribution in [0.25, 0.3) is 33.6 Å². The number of nitrogens with zero attached hydrogens (tertiary/aromatic N) is 2. The average Bonchev–Trinajstić information content (AvgIpc) is 2.97. The summed E-state index contributed by atoms with van der Waals surface area (Å²) in [5.74, 6) is 0.0209. The van der Waals surface area contributed by atoms with Gasteiger partial charge in [-0.05, 0) is 72.5 Å². The highest BCUT2D eigenvalue weighted by atomic mass is 16.1. The molecule has 6 heteroatoms. The van der Waals surface area contributed by atoms with Crippen molar-refractivity contribution in [3.8, 4) is 33.6 Å². The fourth-order valence-corrected chi connectivity index (χ4v) is 4.59. The maximum atomic E-state index is 12.4. The third-order valence-corrected chi connectivity index (χ3v) is 6.94. The SMILES string of the molecule is CN(C)c1ccc(-c2cc(-c3ccc(N)cc3)nc(-c3ccc(NC(=O)CCCCCCCC=O)cc3)c2)cc1. The average molecular weight is 535 g/mol. The summed E-state index contributed by atoms with van der Waals surface area (Å²) in [5, 5.41) is 3.00. The fourth-order valence-electron chi connectivity index (χ4n) is 4.59. The second-order valence-corrected chi connectivity index (χ2v) is 10.3. The molecule has 4 rings (SSSR count). The van der Waals surface area contributed by atoms with Crippen LogP contribution in [-0.4, -0.2) is 31.3 Å². The minimum absolute atomic E-state index is 0.0209. The lowest BCUT2D eigenvalue weighted by Crippen LogP contribution is -2.10. The van der Waals surface area contributed by atoms with Crippen molar-refractivity contribution in [2.45, 2.75) is 44.9 Å². The molecule has 0 bridgehead atoms. The molecule has 206 valence electrons. The molecule has 1 amide bonds. The predicted molar refractivity (Wildman–Crippen MR) is 166 cm³/mol. The molecule has 0 saturated carbocycles. The molecule has 0 unspecified atom stereocenters. The van der Waals surface area contributed by atoms with Gasteiger partial charge in [0.15, 0.2) is 0 Å². The number of hydrogen-bond donors (Lipinski definition) is 2. The summed E-state index contributed by atoms with van der Waals surface area (Å²) in [7, 11) is 4.06. The summed E-state index contributed by atoms with van der Waals surface area (Å²) >= 11 is 0. The quantitative estimate of drug-likeness (QED) is 0.105. The molecule has 0 radical (unpaired) electrons. The molecule has 0 saturated heterocycles. The smallest absolute Gasteiger partial charge is 0.224 e. The molecule has 0 aliphatic rings. The van der Waals surface area contributed by atoms with E-state index in [1.54, 1.807) is 0 Å². The number of carbonyl (C=O) groups is 2. The van der Waals surface area contributed by atoms with Crippen LogP contribution in [0, 0.1) is 0 Å². The van der Waals surface area contributed by atoms with Gasteiger partial charge in [0.25, 0.3) is 0 Å². The standard InChI is InChI=1S/C34H38N4O2/c1-38(2)31-20-14-25(15-21-31)28-23-32(26-10-16-29(35)17-11-26)37-33(24-28)27-12-18-30(19-13-27)36-34(40)9-7-5-3-4-6-8-22-39/h10-24H,3-9,35H2,1-2H3,(H,36,40). The van der Waals surface area contributed by atoms with Crippen LogP contribution < -0.4 is 16.0 Å². The van der Waals surface area contributed by atoms with Crippen LogP contribution in [0.2, 0.25) is 0 Å². The van der Waals surface area contributed by atoms with Gasteiger partial charge < -0.3 is 20.7 Å². The first-order valence-corrected chi connectivity index (χ1v) is 13.9. The Bertz CT molecular complexity index is 1400. The summed E-state index contributed by atoms with van der Waals surface area (Å²) in [6.07, 6.45) is 6.98. The Balaban J connectivity index is 1.50. The third-order valence-electron chi connectivity index (χ3n) is 6.94. The zero-order chi connectivity index (χ0) is 28.3. The largest absolute Gasteiger partial charge is 0.399 e. The van der Waals surface area contributed by atoms with Crippen molar-refractivity contribution < 1.29 is 9.59 Å². The molecule has 1 aromatic heterocycles. The molecular formula is C34H38N4O2. The molecule has 1 heterocycles. The van der Waals surface area contributed by atoms with Gasteiger partial charge >= 0.3 is 0 Å². The Kier molecular flexibility index (Phi) is 10.1. The second kappa shape index (κ2) is 14.1. The number of nitrogens with two attached hydrogens (primary N) is 1. The minimum atomic E-state index is 0.0209. The van der Waals surface area contributed by atoms with Crippen molar-refractivity contribution in [1.29, 1.82) is 0 Å². The van der Waals surface area contributed by atoms with E-state index in [4.69, 9.17) is 10.7 Å². The third kappa shape index (κ3) is 8.03. The summed E-state index contributed by atoms with van der Waals surface area (Å²) in [4.78, 5) is 29.9. The Morgan fingerprint density at radius 3 is 1.90 bits per heavy atom. The Hall–Kier alpha value is -4.45. The van der Waals surface area contributed by atoms with Crippen molar-refractivity contribution in [3.63, 3.8) is 0 Å². The van der Waals surface area contributed by atoms with Gasteiger partial charge in [0.2, 0.25) is 5.91 Å². The number of anilines is 3. The molecule has 0 aliphatic carbocycles. The van der Waals surface area contributed by atoms with Gasteiger partial charge in [0.1, 0.15) is 6.29 Å². The summed E-state index contributed by atoms with van der Waals surface area (Å²) in [5.41, 5.74) is 14.4. The Morgan fingerprint density at radius 2 is 1.30 bits per heavy atom. The zero-order valence-electron chi connectivity index (χ0n) is 23.4. The first kappa shape index (κ1) is 28.6. The van der Waals surface area contributed by atoms with Gasteiger partial charge in [-0.2, -0.15) is 0 Å². The number of benzene rings is 3. The fraction of sp³-hybridized carbons (Fsp3) is 0.265. The molecule has 40 heavy (non-hydrogen) atoms. The van der Waals surface area contributed by atoms with E-state index in [0.717, 1.165) is 83.4 Å². The van der Waals surface area contributed by atoms with E-state index in [0.29, 0.717) is 18.5 Å². The lowest BCUT2D eigenvalue weighted by atomic mass is 9.99. The monoisotopic (exact) mass is 534 g/mol. The summed E-state index contributed by atoms with van der Waals surface area (Å²) in [6, 6.07) is 28.3. The van der Waals surface area contributed by atoms with E-state index in [1.807, 2.05) is 62.6 Å². The molecule has 0 aliphatic heterocycles. The summed E-state index contributed by atoms with van der Waals surface area (Å²) in [6.45, 7) is 0. The van der Waals surface area contributed by atoms with E-state index in [2.05, 4.69) is 46.6 Å². The number of hydrogen-bond acceptors (Lipinski definition) is 5. The molecule has 3 N–H and O–H groups in total. The lowest BCUT2D eigenvalue weighted by Gasteiger charge is -2.14. The van der Waals surface area contributed by atoms with Crippen LogP contribution in [0.15, 0.2) is 84.9 Å². The Labute approximate surface area is 237 Å². The maximum absolute atomic E-state index is 12.4. The highest BCUT2D eigenvalue weighted by Gasteiger charge is 2.10. The zero-order valence-corrected chi connectivity index (χ0v) is 23.4. The van der Waals surface area contributed by atoms with E-state index in [1.165, 1.54) is 0 Å². The number of amides is 1. The number of aldehydes is 1. The predicted octanol–water partition coefficient (Wildman–Crippen LogP) is 7.60. The molecule has 4 aromatic rings. The van der Waals surface area contributed by atoms with E-state index in [-0.39, 0.29) is 5.91 Å². The van der Waals surface area contributed by atoms with Crippen molar-refractivity contribution in [2.75, 3.05) is 30.0 Å². The van der Waals surface area contributed by atoms with Gasteiger partial charge in [-0.15, -0.1) is 0 Å². The molecular weight excluding hydrogens is 496 g/mol. The Morgan fingerprint density at radius 1 is 0.750 bits per heavy atom.